The lowest BCUT2D eigenvalue weighted by atomic mass is 9.73. The van der Waals surface area contributed by atoms with E-state index >= 15 is 0 Å². The molecule has 1 aliphatic rings. The van der Waals surface area contributed by atoms with E-state index in [0.717, 1.165) is 29.5 Å². The summed E-state index contributed by atoms with van der Waals surface area (Å²) in [5.74, 6) is -0.798. The van der Waals surface area contributed by atoms with Gasteiger partial charge in [0.2, 0.25) is 0 Å². The van der Waals surface area contributed by atoms with E-state index in [-0.39, 0.29) is 6.42 Å². The SMILES string of the molecule is O=C(O)C[C@]1(c2ccc(Cl)cc2)CCc2cc(Cl)ccc21. The molecule has 0 aliphatic heterocycles. The van der Waals surface area contributed by atoms with E-state index in [2.05, 4.69) is 0 Å². The molecule has 0 radical (unpaired) electrons. The first-order valence-corrected chi connectivity index (χ1v) is 7.54. The van der Waals surface area contributed by atoms with Crippen LogP contribution in [-0.4, -0.2) is 11.1 Å². The summed E-state index contributed by atoms with van der Waals surface area (Å²) in [6.45, 7) is 0. The topological polar surface area (TPSA) is 37.3 Å². The van der Waals surface area contributed by atoms with Gasteiger partial charge < -0.3 is 5.11 Å². The lowest BCUT2D eigenvalue weighted by molar-refractivity contribution is -0.138. The van der Waals surface area contributed by atoms with Crippen molar-refractivity contribution in [1.29, 1.82) is 0 Å². The van der Waals surface area contributed by atoms with E-state index < -0.39 is 11.4 Å². The molecule has 1 aliphatic carbocycles. The Bertz CT molecular complexity index is 694. The first kappa shape index (κ1) is 14.4. The molecule has 0 aromatic heterocycles. The molecule has 21 heavy (non-hydrogen) atoms. The molecule has 2 aromatic rings. The van der Waals surface area contributed by atoms with Crippen molar-refractivity contribution in [3.05, 3.63) is 69.2 Å². The molecule has 0 saturated carbocycles. The van der Waals surface area contributed by atoms with Gasteiger partial charge in [-0.05, 0) is 53.8 Å². The smallest absolute Gasteiger partial charge is 0.304 e. The van der Waals surface area contributed by atoms with Crippen LogP contribution in [0.5, 0.6) is 0 Å². The van der Waals surface area contributed by atoms with Crippen LogP contribution in [0.15, 0.2) is 42.5 Å². The summed E-state index contributed by atoms with van der Waals surface area (Å²) < 4.78 is 0. The second kappa shape index (κ2) is 5.36. The Balaban J connectivity index is 2.17. The van der Waals surface area contributed by atoms with E-state index in [4.69, 9.17) is 23.2 Å². The minimum absolute atomic E-state index is 0.0727. The van der Waals surface area contributed by atoms with Crippen molar-refractivity contribution in [1.82, 2.24) is 0 Å². The van der Waals surface area contributed by atoms with Crippen LogP contribution in [0.25, 0.3) is 0 Å². The van der Waals surface area contributed by atoms with Crippen LogP contribution in [-0.2, 0) is 16.6 Å². The normalized spacial score (nSPS) is 20.3. The number of benzene rings is 2. The van der Waals surface area contributed by atoms with E-state index in [1.165, 1.54) is 0 Å². The summed E-state index contributed by atoms with van der Waals surface area (Å²) in [5, 5.41) is 10.7. The highest BCUT2D eigenvalue weighted by atomic mass is 35.5. The molecular formula is C17H14Cl2O2. The first-order valence-electron chi connectivity index (χ1n) is 6.78. The molecular weight excluding hydrogens is 307 g/mol. The van der Waals surface area contributed by atoms with Crippen LogP contribution in [0, 0.1) is 0 Å². The summed E-state index contributed by atoms with van der Waals surface area (Å²) in [6.07, 6.45) is 1.69. The molecule has 2 aromatic carbocycles. The zero-order valence-electron chi connectivity index (χ0n) is 11.3. The van der Waals surface area contributed by atoms with Gasteiger partial charge in [0, 0.05) is 15.5 Å². The maximum Gasteiger partial charge on any atom is 0.304 e. The van der Waals surface area contributed by atoms with Gasteiger partial charge in [-0.25, -0.2) is 0 Å². The molecule has 0 bridgehead atoms. The van der Waals surface area contributed by atoms with Crippen LogP contribution < -0.4 is 0 Å². The fourth-order valence-corrected chi connectivity index (χ4v) is 3.65. The Morgan fingerprint density at radius 2 is 1.76 bits per heavy atom. The summed E-state index contributed by atoms with van der Waals surface area (Å²) in [6, 6.07) is 13.2. The number of carbonyl (C=O) groups is 1. The van der Waals surface area contributed by atoms with Crippen LogP contribution in [0.2, 0.25) is 10.0 Å². The number of carboxylic acid groups (broad SMARTS) is 1. The van der Waals surface area contributed by atoms with Crippen LogP contribution in [0.1, 0.15) is 29.5 Å². The van der Waals surface area contributed by atoms with Gasteiger partial charge in [-0.3, -0.25) is 4.79 Å². The fourth-order valence-electron chi connectivity index (χ4n) is 3.33. The van der Waals surface area contributed by atoms with Gasteiger partial charge in [0.15, 0.2) is 0 Å². The van der Waals surface area contributed by atoms with Gasteiger partial charge in [0.05, 0.1) is 6.42 Å². The van der Waals surface area contributed by atoms with Crippen molar-refractivity contribution in [3.63, 3.8) is 0 Å². The Kier molecular flexibility index (Phi) is 3.68. The van der Waals surface area contributed by atoms with Gasteiger partial charge in [-0.1, -0.05) is 41.4 Å². The second-order valence-electron chi connectivity index (χ2n) is 5.46. The van der Waals surface area contributed by atoms with Crippen LogP contribution in [0.3, 0.4) is 0 Å². The molecule has 0 fully saturated rings. The maximum absolute atomic E-state index is 11.4. The van der Waals surface area contributed by atoms with Crippen molar-refractivity contribution in [2.24, 2.45) is 0 Å². The Labute approximate surface area is 133 Å². The zero-order valence-corrected chi connectivity index (χ0v) is 12.8. The number of hydrogen-bond acceptors (Lipinski definition) is 1. The molecule has 1 atom stereocenters. The summed E-state index contributed by atoms with van der Waals surface area (Å²) in [4.78, 5) is 11.4. The van der Waals surface area contributed by atoms with Gasteiger partial charge in [0.1, 0.15) is 0 Å². The van der Waals surface area contributed by atoms with Crippen LogP contribution in [0.4, 0.5) is 0 Å². The van der Waals surface area contributed by atoms with Crippen molar-refractivity contribution >= 4 is 29.2 Å². The van der Waals surface area contributed by atoms with E-state index in [1.807, 2.05) is 42.5 Å². The molecule has 0 amide bonds. The minimum atomic E-state index is -0.798. The largest absolute Gasteiger partial charge is 0.481 e. The lowest BCUT2D eigenvalue weighted by Crippen LogP contribution is -2.28. The highest BCUT2D eigenvalue weighted by Crippen LogP contribution is 2.47. The van der Waals surface area contributed by atoms with Crippen molar-refractivity contribution in [2.75, 3.05) is 0 Å². The third-order valence-corrected chi connectivity index (χ3v) is 4.74. The van der Waals surface area contributed by atoms with E-state index in [9.17, 15) is 9.90 Å². The second-order valence-corrected chi connectivity index (χ2v) is 6.33. The average Bonchev–Trinajstić information content (AvgIpc) is 2.78. The molecule has 3 rings (SSSR count). The van der Waals surface area contributed by atoms with Gasteiger partial charge in [-0.15, -0.1) is 0 Å². The van der Waals surface area contributed by atoms with Gasteiger partial charge in [-0.2, -0.15) is 0 Å². The van der Waals surface area contributed by atoms with Crippen LogP contribution >= 0.6 is 23.2 Å². The van der Waals surface area contributed by atoms with Crippen molar-refractivity contribution in [2.45, 2.75) is 24.7 Å². The lowest BCUT2D eigenvalue weighted by Gasteiger charge is -2.29. The van der Waals surface area contributed by atoms with Gasteiger partial charge in [0.25, 0.3) is 0 Å². The molecule has 1 N–H and O–H groups in total. The molecule has 0 unspecified atom stereocenters. The van der Waals surface area contributed by atoms with E-state index in [1.54, 1.807) is 0 Å². The number of aliphatic carboxylic acids is 1. The number of rotatable bonds is 3. The monoisotopic (exact) mass is 320 g/mol. The number of hydrogen-bond donors (Lipinski definition) is 1. The Morgan fingerprint density at radius 3 is 2.43 bits per heavy atom. The minimum Gasteiger partial charge on any atom is -0.481 e. The number of carboxylic acids is 1. The molecule has 108 valence electrons. The van der Waals surface area contributed by atoms with Crippen molar-refractivity contribution in [3.8, 4) is 0 Å². The maximum atomic E-state index is 11.4. The summed E-state index contributed by atoms with van der Waals surface area (Å²) in [5.41, 5.74) is 2.71. The molecule has 4 heteroatoms. The third-order valence-electron chi connectivity index (χ3n) is 4.25. The average molecular weight is 321 g/mol. The molecule has 0 spiro atoms. The zero-order chi connectivity index (χ0) is 15.0. The third kappa shape index (κ3) is 2.54. The highest BCUT2D eigenvalue weighted by Gasteiger charge is 2.42. The number of fused-ring (bicyclic) bond motifs is 1. The predicted molar refractivity (Wildman–Crippen MR) is 84.3 cm³/mol. The fraction of sp³-hybridized carbons (Fsp3) is 0.235. The van der Waals surface area contributed by atoms with Gasteiger partial charge >= 0.3 is 5.97 Å². The molecule has 0 heterocycles. The quantitative estimate of drug-likeness (QED) is 0.889. The summed E-state index contributed by atoms with van der Waals surface area (Å²) >= 11 is 12.0. The number of aryl methyl sites for hydroxylation is 1. The standard InChI is InChI=1S/C17H14Cl2O2/c18-13-3-1-12(2-4-13)17(10-16(20)21)8-7-11-9-14(19)5-6-15(11)17/h1-6,9H,7-8,10H2,(H,20,21)/t17-/m0/s1. The number of halogens is 2. The van der Waals surface area contributed by atoms with Crippen molar-refractivity contribution < 1.29 is 9.90 Å². The summed E-state index contributed by atoms with van der Waals surface area (Å²) in [7, 11) is 0. The first-order chi connectivity index (χ1) is 10.0. The predicted octanol–water partition coefficient (Wildman–Crippen LogP) is 4.70. The highest BCUT2D eigenvalue weighted by molar-refractivity contribution is 6.30. The molecule has 2 nitrogen and oxygen atoms in total. The Morgan fingerprint density at radius 1 is 1.10 bits per heavy atom. The van der Waals surface area contributed by atoms with E-state index in [0.29, 0.717) is 10.0 Å². The molecule has 0 saturated heterocycles. The Hall–Kier alpha value is -1.51.